The van der Waals surface area contributed by atoms with Gasteiger partial charge in [0.05, 0.1) is 5.92 Å². The Morgan fingerprint density at radius 2 is 1.56 bits per heavy atom. The minimum Gasteiger partial charge on any atom is -0.171 e. The molecular formula is C13H23F3. The third-order valence-electron chi connectivity index (χ3n) is 3.48. The fraction of sp³-hybridized carbons (Fsp3) is 1.00. The van der Waals surface area contributed by atoms with Crippen LogP contribution >= 0.6 is 0 Å². The highest BCUT2D eigenvalue weighted by Gasteiger charge is 2.47. The van der Waals surface area contributed by atoms with Gasteiger partial charge in [-0.25, -0.2) is 0 Å². The Kier molecular flexibility index (Phi) is 5.63. The van der Waals surface area contributed by atoms with Gasteiger partial charge in [-0.15, -0.1) is 0 Å². The van der Waals surface area contributed by atoms with Crippen molar-refractivity contribution >= 4 is 0 Å². The molecule has 0 heterocycles. The van der Waals surface area contributed by atoms with Crippen LogP contribution < -0.4 is 0 Å². The SMILES string of the molecule is CCCCCCCC[C@@H](C1CC1)C(F)(F)F. The molecule has 0 aromatic rings. The van der Waals surface area contributed by atoms with Crippen LogP contribution in [0.25, 0.3) is 0 Å². The molecule has 1 fully saturated rings. The van der Waals surface area contributed by atoms with Crippen molar-refractivity contribution in [2.45, 2.75) is 70.9 Å². The van der Waals surface area contributed by atoms with Crippen LogP contribution in [0, 0.1) is 11.8 Å². The van der Waals surface area contributed by atoms with Crippen LogP contribution in [0.15, 0.2) is 0 Å². The second-order valence-electron chi connectivity index (χ2n) is 5.04. The average Bonchev–Trinajstić information content (AvgIpc) is 2.98. The van der Waals surface area contributed by atoms with Crippen LogP contribution in [0.3, 0.4) is 0 Å². The summed E-state index contributed by atoms with van der Waals surface area (Å²) in [5.74, 6) is -1.05. The number of halogens is 3. The first-order valence-electron chi connectivity index (χ1n) is 6.62. The molecule has 0 bridgehead atoms. The maximum atomic E-state index is 12.6. The fourth-order valence-electron chi connectivity index (χ4n) is 2.31. The van der Waals surface area contributed by atoms with Gasteiger partial charge in [0.25, 0.3) is 0 Å². The van der Waals surface area contributed by atoms with Gasteiger partial charge in [-0.05, 0) is 25.2 Å². The zero-order chi connectivity index (χ0) is 12.0. The van der Waals surface area contributed by atoms with Crippen LogP contribution in [0.4, 0.5) is 13.2 Å². The second-order valence-corrected chi connectivity index (χ2v) is 5.04. The average molecular weight is 236 g/mol. The first-order valence-corrected chi connectivity index (χ1v) is 6.62. The molecule has 0 spiro atoms. The second kappa shape index (κ2) is 6.51. The molecular weight excluding hydrogens is 213 g/mol. The first kappa shape index (κ1) is 13.9. The van der Waals surface area contributed by atoms with Crippen molar-refractivity contribution in [1.29, 1.82) is 0 Å². The normalized spacial score (nSPS) is 18.8. The number of hydrogen-bond donors (Lipinski definition) is 0. The van der Waals surface area contributed by atoms with E-state index < -0.39 is 12.1 Å². The Morgan fingerprint density at radius 3 is 2.06 bits per heavy atom. The lowest BCUT2D eigenvalue weighted by atomic mass is 9.95. The largest absolute Gasteiger partial charge is 0.392 e. The summed E-state index contributed by atoms with van der Waals surface area (Å²) in [7, 11) is 0. The van der Waals surface area contributed by atoms with Gasteiger partial charge in [0.15, 0.2) is 0 Å². The van der Waals surface area contributed by atoms with E-state index in [1.165, 1.54) is 19.3 Å². The minimum atomic E-state index is -3.95. The molecule has 0 amide bonds. The van der Waals surface area contributed by atoms with E-state index in [2.05, 4.69) is 6.92 Å². The van der Waals surface area contributed by atoms with Gasteiger partial charge in [0.1, 0.15) is 0 Å². The summed E-state index contributed by atoms with van der Waals surface area (Å²) in [5.41, 5.74) is 0. The van der Waals surface area contributed by atoms with Gasteiger partial charge in [-0.1, -0.05) is 45.4 Å². The number of hydrogen-bond acceptors (Lipinski definition) is 0. The highest BCUT2D eigenvalue weighted by molar-refractivity contribution is 4.85. The predicted octanol–water partition coefficient (Wildman–Crippen LogP) is 5.33. The van der Waals surface area contributed by atoms with E-state index >= 15 is 0 Å². The highest BCUT2D eigenvalue weighted by atomic mass is 19.4. The molecule has 0 aliphatic heterocycles. The van der Waals surface area contributed by atoms with Gasteiger partial charge >= 0.3 is 6.18 Å². The molecule has 1 aliphatic carbocycles. The van der Waals surface area contributed by atoms with E-state index in [0.717, 1.165) is 32.1 Å². The summed E-state index contributed by atoms with van der Waals surface area (Å²) in [6, 6.07) is 0. The molecule has 96 valence electrons. The van der Waals surface area contributed by atoms with Gasteiger partial charge < -0.3 is 0 Å². The predicted molar refractivity (Wildman–Crippen MR) is 60.3 cm³/mol. The van der Waals surface area contributed by atoms with Crippen LogP contribution in [-0.4, -0.2) is 6.18 Å². The van der Waals surface area contributed by atoms with E-state index in [0.29, 0.717) is 6.42 Å². The summed E-state index contributed by atoms with van der Waals surface area (Å²) in [6.07, 6.45) is 4.40. The maximum Gasteiger partial charge on any atom is 0.392 e. The number of rotatable bonds is 8. The first-order chi connectivity index (χ1) is 7.55. The van der Waals surface area contributed by atoms with E-state index in [9.17, 15) is 13.2 Å². The molecule has 0 radical (unpaired) electrons. The Morgan fingerprint density at radius 1 is 1.00 bits per heavy atom. The minimum absolute atomic E-state index is 0.0457. The quantitative estimate of drug-likeness (QED) is 0.500. The molecule has 16 heavy (non-hydrogen) atoms. The standard InChI is InChI=1S/C13H23F3/c1-2-3-4-5-6-7-8-12(11-9-10-11)13(14,15)16/h11-12H,2-10H2,1H3/t12-/m0/s1. The van der Waals surface area contributed by atoms with Crippen LogP contribution in [0.1, 0.15) is 64.7 Å². The monoisotopic (exact) mass is 236 g/mol. The number of unbranched alkanes of at least 4 members (excludes halogenated alkanes) is 5. The molecule has 3 heteroatoms. The fourth-order valence-corrected chi connectivity index (χ4v) is 2.31. The third-order valence-corrected chi connectivity index (χ3v) is 3.48. The van der Waals surface area contributed by atoms with E-state index in [-0.39, 0.29) is 5.92 Å². The molecule has 1 aliphatic rings. The molecule has 1 atom stereocenters. The van der Waals surface area contributed by atoms with Crippen molar-refractivity contribution in [3.05, 3.63) is 0 Å². The molecule has 0 N–H and O–H groups in total. The summed E-state index contributed by atoms with van der Waals surface area (Å²) >= 11 is 0. The van der Waals surface area contributed by atoms with Crippen molar-refractivity contribution in [2.75, 3.05) is 0 Å². The van der Waals surface area contributed by atoms with E-state index in [1.54, 1.807) is 0 Å². The summed E-state index contributed by atoms with van der Waals surface area (Å²) in [5, 5.41) is 0. The molecule has 0 saturated heterocycles. The lowest BCUT2D eigenvalue weighted by Crippen LogP contribution is -2.24. The number of alkyl halides is 3. The topological polar surface area (TPSA) is 0 Å². The van der Waals surface area contributed by atoms with Gasteiger partial charge in [-0.2, -0.15) is 13.2 Å². The summed E-state index contributed by atoms with van der Waals surface area (Å²) in [4.78, 5) is 0. The summed E-state index contributed by atoms with van der Waals surface area (Å²) < 4.78 is 37.9. The van der Waals surface area contributed by atoms with E-state index in [4.69, 9.17) is 0 Å². The van der Waals surface area contributed by atoms with Gasteiger partial charge in [-0.3, -0.25) is 0 Å². The molecule has 0 nitrogen and oxygen atoms in total. The Bertz CT molecular complexity index is 182. The van der Waals surface area contributed by atoms with Crippen molar-refractivity contribution < 1.29 is 13.2 Å². The van der Waals surface area contributed by atoms with Crippen LogP contribution in [0.5, 0.6) is 0 Å². The van der Waals surface area contributed by atoms with Crippen LogP contribution in [0.2, 0.25) is 0 Å². The Labute approximate surface area is 96.6 Å². The highest BCUT2D eigenvalue weighted by Crippen LogP contribution is 2.47. The lowest BCUT2D eigenvalue weighted by Gasteiger charge is -2.19. The van der Waals surface area contributed by atoms with Crippen molar-refractivity contribution in [3.8, 4) is 0 Å². The Hall–Kier alpha value is -0.210. The lowest BCUT2D eigenvalue weighted by molar-refractivity contribution is -0.182. The van der Waals surface area contributed by atoms with Crippen molar-refractivity contribution in [2.24, 2.45) is 11.8 Å². The van der Waals surface area contributed by atoms with Crippen molar-refractivity contribution in [3.63, 3.8) is 0 Å². The Balaban J connectivity index is 2.09. The third kappa shape index (κ3) is 5.22. The zero-order valence-corrected chi connectivity index (χ0v) is 10.2. The van der Waals surface area contributed by atoms with Crippen LogP contribution in [-0.2, 0) is 0 Å². The molecule has 0 aromatic heterocycles. The molecule has 0 unspecified atom stereocenters. The molecule has 1 saturated carbocycles. The van der Waals surface area contributed by atoms with Crippen molar-refractivity contribution in [1.82, 2.24) is 0 Å². The van der Waals surface area contributed by atoms with Gasteiger partial charge in [0.2, 0.25) is 0 Å². The maximum absolute atomic E-state index is 12.6. The molecule has 0 aromatic carbocycles. The smallest absolute Gasteiger partial charge is 0.171 e. The zero-order valence-electron chi connectivity index (χ0n) is 10.2. The molecule has 1 rings (SSSR count). The summed E-state index contributed by atoms with van der Waals surface area (Å²) in [6.45, 7) is 2.15. The van der Waals surface area contributed by atoms with Gasteiger partial charge in [0, 0.05) is 0 Å². The van der Waals surface area contributed by atoms with E-state index in [1.807, 2.05) is 0 Å².